The number of carbonyl (C=O) groups excluding carboxylic acids is 1. The molecule has 144 valence electrons. The third kappa shape index (κ3) is 3.68. The van der Waals surface area contributed by atoms with Gasteiger partial charge in [-0.1, -0.05) is 35.6 Å². The molecule has 0 saturated carbocycles. The van der Waals surface area contributed by atoms with Crippen LogP contribution in [0.2, 0.25) is 0 Å². The Labute approximate surface area is 166 Å². The van der Waals surface area contributed by atoms with Gasteiger partial charge >= 0.3 is 0 Å². The van der Waals surface area contributed by atoms with Crippen molar-refractivity contribution < 1.29 is 9.72 Å². The average Bonchev–Trinajstić information content (AvgIpc) is 3.13. The van der Waals surface area contributed by atoms with E-state index in [1.165, 1.54) is 17.4 Å². The SMILES string of the molecule is Cc1ccccc1CC(=O)N1CCN(c2nc3ccc([N+](=O)[O-])cc3s2)CC1. The van der Waals surface area contributed by atoms with E-state index in [9.17, 15) is 14.9 Å². The Bertz CT molecular complexity index is 1040. The van der Waals surface area contributed by atoms with Crippen LogP contribution in [0.1, 0.15) is 11.1 Å². The lowest BCUT2D eigenvalue weighted by Crippen LogP contribution is -2.49. The molecular formula is C20H20N4O3S. The highest BCUT2D eigenvalue weighted by Crippen LogP contribution is 2.31. The Morgan fingerprint density at radius 3 is 2.64 bits per heavy atom. The number of hydrogen-bond acceptors (Lipinski definition) is 6. The molecule has 4 rings (SSSR count). The van der Waals surface area contributed by atoms with Crippen LogP contribution in [-0.4, -0.2) is 46.9 Å². The lowest BCUT2D eigenvalue weighted by molar-refractivity contribution is -0.384. The zero-order valence-corrected chi connectivity index (χ0v) is 16.3. The first-order valence-electron chi connectivity index (χ1n) is 9.13. The number of anilines is 1. The molecule has 1 fully saturated rings. The van der Waals surface area contributed by atoms with Gasteiger partial charge in [0.05, 0.1) is 21.6 Å². The molecule has 2 heterocycles. The summed E-state index contributed by atoms with van der Waals surface area (Å²) in [6, 6.07) is 12.7. The Morgan fingerprint density at radius 2 is 1.93 bits per heavy atom. The molecule has 0 spiro atoms. The summed E-state index contributed by atoms with van der Waals surface area (Å²) in [6.07, 6.45) is 0.428. The van der Waals surface area contributed by atoms with E-state index in [2.05, 4.69) is 9.88 Å². The summed E-state index contributed by atoms with van der Waals surface area (Å²) in [4.78, 5) is 31.8. The van der Waals surface area contributed by atoms with Crippen molar-refractivity contribution in [2.45, 2.75) is 13.3 Å². The summed E-state index contributed by atoms with van der Waals surface area (Å²) >= 11 is 1.46. The van der Waals surface area contributed by atoms with Crippen LogP contribution in [0.5, 0.6) is 0 Å². The summed E-state index contributed by atoms with van der Waals surface area (Å²) in [5.74, 6) is 0.147. The second-order valence-electron chi connectivity index (χ2n) is 6.88. The molecule has 0 bridgehead atoms. The molecule has 28 heavy (non-hydrogen) atoms. The van der Waals surface area contributed by atoms with Crippen LogP contribution >= 0.6 is 11.3 Å². The number of hydrogen-bond donors (Lipinski definition) is 0. The summed E-state index contributed by atoms with van der Waals surface area (Å²) < 4.78 is 0.808. The maximum atomic E-state index is 12.6. The number of carbonyl (C=O) groups is 1. The van der Waals surface area contributed by atoms with Gasteiger partial charge in [0.1, 0.15) is 0 Å². The Hall–Kier alpha value is -3.00. The average molecular weight is 396 g/mol. The molecule has 0 unspecified atom stereocenters. The second kappa shape index (κ2) is 7.55. The van der Waals surface area contributed by atoms with Crippen LogP contribution in [0.3, 0.4) is 0 Å². The van der Waals surface area contributed by atoms with Crippen LogP contribution in [0.25, 0.3) is 10.2 Å². The predicted octanol–water partition coefficient (Wildman–Crippen LogP) is 3.40. The Kier molecular flexibility index (Phi) is 4.95. The summed E-state index contributed by atoms with van der Waals surface area (Å²) in [5.41, 5.74) is 3.05. The van der Waals surface area contributed by atoms with Crippen molar-refractivity contribution in [1.82, 2.24) is 9.88 Å². The first-order valence-corrected chi connectivity index (χ1v) is 9.95. The van der Waals surface area contributed by atoms with E-state index in [1.807, 2.05) is 36.1 Å². The van der Waals surface area contributed by atoms with Crippen LogP contribution < -0.4 is 4.90 Å². The number of aromatic nitrogens is 1. The monoisotopic (exact) mass is 396 g/mol. The van der Waals surface area contributed by atoms with Crippen molar-refractivity contribution in [3.63, 3.8) is 0 Å². The van der Waals surface area contributed by atoms with Crippen molar-refractivity contribution in [3.05, 3.63) is 63.7 Å². The Morgan fingerprint density at radius 1 is 1.18 bits per heavy atom. The second-order valence-corrected chi connectivity index (χ2v) is 7.89. The highest BCUT2D eigenvalue weighted by molar-refractivity contribution is 7.22. The molecule has 8 heteroatoms. The standard InChI is InChI=1S/C20H20N4O3S/c1-14-4-2-3-5-15(14)12-19(25)22-8-10-23(11-9-22)20-21-17-7-6-16(24(26)27)13-18(17)28-20/h2-7,13H,8-12H2,1H3. The van der Waals surface area contributed by atoms with Crippen LogP contribution in [0, 0.1) is 17.0 Å². The molecule has 1 aliphatic heterocycles. The first-order chi connectivity index (χ1) is 13.5. The molecule has 0 aliphatic carbocycles. The number of aryl methyl sites for hydroxylation is 1. The highest BCUT2D eigenvalue weighted by atomic mass is 32.1. The zero-order valence-electron chi connectivity index (χ0n) is 15.5. The molecule has 3 aromatic rings. The molecular weight excluding hydrogens is 376 g/mol. The smallest absolute Gasteiger partial charge is 0.270 e. The minimum atomic E-state index is -0.391. The lowest BCUT2D eigenvalue weighted by atomic mass is 10.1. The topological polar surface area (TPSA) is 79.6 Å². The number of amides is 1. The van der Waals surface area contributed by atoms with Gasteiger partial charge in [0.15, 0.2) is 5.13 Å². The molecule has 0 N–H and O–H groups in total. The molecule has 2 aromatic carbocycles. The van der Waals surface area contributed by atoms with Gasteiger partial charge in [-0.25, -0.2) is 4.98 Å². The van der Waals surface area contributed by atoms with Gasteiger partial charge in [-0.2, -0.15) is 0 Å². The van der Waals surface area contributed by atoms with Crippen molar-refractivity contribution in [1.29, 1.82) is 0 Å². The van der Waals surface area contributed by atoms with Gasteiger partial charge in [0, 0.05) is 38.3 Å². The number of nitro benzene ring substituents is 1. The molecule has 1 aromatic heterocycles. The van der Waals surface area contributed by atoms with Gasteiger partial charge in [-0.15, -0.1) is 0 Å². The summed E-state index contributed by atoms with van der Waals surface area (Å²) in [7, 11) is 0. The van der Waals surface area contributed by atoms with E-state index in [4.69, 9.17) is 0 Å². The van der Waals surface area contributed by atoms with Gasteiger partial charge in [-0.05, 0) is 24.1 Å². The molecule has 0 radical (unpaired) electrons. The van der Waals surface area contributed by atoms with Crippen LogP contribution in [0.15, 0.2) is 42.5 Å². The molecule has 7 nitrogen and oxygen atoms in total. The predicted molar refractivity (Wildman–Crippen MR) is 110 cm³/mol. The lowest BCUT2D eigenvalue weighted by Gasteiger charge is -2.34. The molecule has 1 amide bonds. The minimum Gasteiger partial charge on any atom is -0.345 e. The quantitative estimate of drug-likeness (QED) is 0.499. The third-order valence-electron chi connectivity index (χ3n) is 5.08. The maximum absolute atomic E-state index is 12.6. The van der Waals surface area contributed by atoms with Gasteiger partial charge < -0.3 is 9.80 Å². The van der Waals surface area contributed by atoms with E-state index in [0.717, 1.165) is 26.5 Å². The fourth-order valence-electron chi connectivity index (χ4n) is 3.38. The minimum absolute atomic E-state index is 0.0781. The largest absolute Gasteiger partial charge is 0.345 e. The van der Waals surface area contributed by atoms with E-state index >= 15 is 0 Å². The number of benzene rings is 2. The van der Waals surface area contributed by atoms with E-state index in [-0.39, 0.29) is 11.6 Å². The van der Waals surface area contributed by atoms with Crippen LogP contribution in [-0.2, 0) is 11.2 Å². The fraction of sp³-hybridized carbons (Fsp3) is 0.300. The van der Waals surface area contributed by atoms with E-state index in [0.29, 0.717) is 32.6 Å². The molecule has 1 aliphatic rings. The van der Waals surface area contributed by atoms with Gasteiger partial charge in [-0.3, -0.25) is 14.9 Å². The van der Waals surface area contributed by atoms with Crippen molar-refractivity contribution in [3.8, 4) is 0 Å². The van der Waals surface area contributed by atoms with Gasteiger partial charge in [0.2, 0.25) is 5.91 Å². The van der Waals surface area contributed by atoms with Crippen molar-refractivity contribution in [2.75, 3.05) is 31.1 Å². The van der Waals surface area contributed by atoms with Gasteiger partial charge in [0.25, 0.3) is 5.69 Å². The van der Waals surface area contributed by atoms with Crippen molar-refractivity contribution >= 4 is 38.3 Å². The highest BCUT2D eigenvalue weighted by Gasteiger charge is 2.23. The maximum Gasteiger partial charge on any atom is 0.270 e. The fourth-order valence-corrected chi connectivity index (χ4v) is 4.43. The van der Waals surface area contributed by atoms with Crippen LogP contribution in [0.4, 0.5) is 10.8 Å². The number of piperazine rings is 1. The molecule has 1 saturated heterocycles. The van der Waals surface area contributed by atoms with Crippen molar-refractivity contribution in [2.24, 2.45) is 0 Å². The molecule has 0 atom stereocenters. The third-order valence-corrected chi connectivity index (χ3v) is 6.16. The summed E-state index contributed by atoms with van der Waals surface area (Å²) in [5, 5.41) is 11.8. The Balaban J connectivity index is 1.41. The zero-order chi connectivity index (χ0) is 19.7. The van der Waals surface area contributed by atoms with E-state index in [1.54, 1.807) is 12.1 Å². The number of fused-ring (bicyclic) bond motifs is 1. The number of thiazole rings is 1. The number of nitrogens with zero attached hydrogens (tertiary/aromatic N) is 4. The van der Waals surface area contributed by atoms with E-state index < -0.39 is 4.92 Å². The first kappa shape index (κ1) is 18.4. The number of non-ortho nitro benzene ring substituents is 1. The summed E-state index contributed by atoms with van der Waals surface area (Å²) in [6.45, 7) is 4.75. The number of rotatable bonds is 4. The normalized spacial score (nSPS) is 14.5. The number of nitro groups is 1.